The molecule has 0 unspecified atom stereocenters. The summed E-state index contributed by atoms with van der Waals surface area (Å²) in [7, 11) is -3.99. The topological polar surface area (TPSA) is 101 Å². The molecule has 0 bridgehead atoms. The van der Waals surface area contributed by atoms with Gasteiger partial charge in [-0.3, -0.25) is 0 Å². The first kappa shape index (κ1) is 22.3. The fourth-order valence-electron chi connectivity index (χ4n) is 3.53. The first-order valence-corrected chi connectivity index (χ1v) is 11.3. The van der Waals surface area contributed by atoms with Crippen LogP contribution in [0, 0.1) is 19.7 Å². The summed E-state index contributed by atoms with van der Waals surface area (Å²) in [6, 6.07) is 6.73. The summed E-state index contributed by atoms with van der Waals surface area (Å²) in [4.78, 5) is 0.108. The third-order valence-corrected chi connectivity index (χ3v) is 7.08. The van der Waals surface area contributed by atoms with Crippen LogP contribution in [0.3, 0.4) is 0 Å². The molecule has 0 spiro atoms. The molecule has 2 aromatic carbocycles. The van der Waals surface area contributed by atoms with E-state index in [0.717, 1.165) is 11.1 Å². The Morgan fingerprint density at radius 2 is 1.97 bits per heavy atom. The van der Waals surface area contributed by atoms with Crippen molar-refractivity contribution in [3.05, 3.63) is 69.2 Å². The van der Waals surface area contributed by atoms with Crippen LogP contribution in [0.2, 0.25) is 5.02 Å². The minimum Gasteiger partial charge on any atom is -0.207 e. The predicted molar refractivity (Wildman–Crippen MR) is 112 cm³/mol. The number of halogens is 2. The molecule has 3 rings (SSSR count). The molecule has 3 aromatic rings. The molecule has 0 fully saturated rings. The first-order valence-electron chi connectivity index (χ1n) is 9.45. The van der Waals surface area contributed by atoms with Gasteiger partial charge in [-0.15, -0.1) is 10.2 Å². The van der Waals surface area contributed by atoms with Crippen molar-refractivity contribution in [3.8, 4) is 0 Å². The number of tetrazole rings is 1. The molecule has 2 N–H and O–H groups in total. The zero-order valence-electron chi connectivity index (χ0n) is 17.1. The van der Waals surface area contributed by atoms with Crippen LogP contribution in [-0.4, -0.2) is 29.0 Å². The van der Waals surface area contributed by atoms with Gasteiger partial charge in [0.1, 0.15) is 5.82 Å². The van der Waals surface area contributed by atoms with E-state index >= 15 is 0 Å². The Kier molecular flexibility index (Phi) is 6.54. The van der Waals surface area contributed by atoms with Gasteiger partial charge < -0.3 is 0 Å². The minimum absolute atomic E-state index is 0.108. The smallest absolute Gasteiger partial charge is 0.207 e. The van der Waals surface area contributed by atoms with Gasteiger partial charge in [0.25, 0.3) is 0 Å². The van der Waals surface area contributed by atoms with Crippen LogP contribution < -0.4 is 4.72 Å². The normalized spacial score (nSPS) is 13.9. The molecule has 0 saturated heterocycles. The first-order chi connectivity index (χ1) is 14.2. The molecule has 1 aromatic heterocycles. The lowest BCUT2D eigenvalue weighted by Crippen LogP contribution is -2.34. The van der Waals surface area contributed by atoms with Crippen molar-refractivity contribution in [3.63, 3.8) is 0 Å². The maximum Gasteiger partial charge on any atom is 0.241 e. The van der Waals surface area contributed by atoms with E-state index in [2.05, 4.69) is 25.3 Å². The summed E-state index contributed by atoms with van der Waals surface area (Å²) < 4.78 is 43.9. The lowest BCUT2D eigenvalue weighted by molar-refractivity contribution is 0.478. The zero-order valence-corrected chi connectivity index (χ0v) is 18.6. The van der Waals surface area contributed by atoms with E-state index in [1.54, 1.807) is 26.0 Å². The van der Waals surface area contributed by atoms with E-state index in [1.165, 1.54) is 18.2 Å². The number of nitrogens with one attached hydrogen (secondary N) is 2. The number of aromatic amines is 1. The van der Waals surface area contributed by atoms with Crippen LogP contribution in [0.1, 0.15) is 53.9 Å². The van der Waals surface area contributed by atoms with Crippen molar-refractivity contribution in [2.75, 3.05) is 0 Å². The number of H-pyrrole nitrogens is 1. The van der Waals surface area contributed by atoms with Crippen LogP contribution in [0.25, 0.3) is 0 Å². The second-order valence-electron chi connectivity index (χ2n) is 7.17. The molecular weight excluding hydrogens is 429 g/mol. The Hall–Kier alpha value is -2.36. The molecule has 0 aliphatic rings. The maximum absolute atomic E-state index is 14.7. The van der Waals surface area contributed by atoms with Crippen molar-refractivity contribution in [2.24, 2.45) is 0 Å². The maximum atomic E-state index is 14.7. The third-order valence-electron chi connectivity index (χ3n) is 5.30. The number of sulfonamides is 1. The highest BCUT2D eigenvalue weighted by atomic mass is 35.5. The summed E-state index contributed by atoms with van der Waals surface area (Å²) in [6.45, 7) is 7.26. The van der Waals surface area contributed by atoms with Crippen LogP contribution in [0.5, 0.6) is 0 Å². The summed E-state index contributed by atoms with van der Waals surface area (Å²) in [5, 5.41) is 14.3. The minimum atomic E-state index is -3.99. The largest absolute Gasteiger partial charge is 0.241 e. The van der Waals surface area contributed by atoms with Gasteiger partial charge in [-0.1, -0.05) is 36.7 Å². The quantitative estimate of drug-likeness (QED) is 0.565. The molecule has 10 heteroatoms. The van der Waals surface area contributed by atoms with E-state index in [9.17, 15) is 12.8 Å². The number of benzene rings is 2. The van der Waals surface area contributed by atoms with Crippen molar-refractivity contribution >= 4 is 21.6 Å². The summed E-state index contributed by atoms with van der Waals surface area (Å²) in [6.07, 6.45) is 0.477. The van der Waals surface area contributed by atoms with Crippen molar-refractivity contribution < 1.29 is 12.8 Å². The summed E-state index contributed by atoms with van der Waals surface area (Å²) in [5.41, 5.74) is 2.63. The molecular formula is C20H23ClFN5O2S. The van der Waals surface area contributed by atoms with Crippen molar-refractivity contribution in [1.82, 2.24) is 25.3 Å². The van der Waals surface area contributed by atoms with Gasteiger partial charge in [0.15, 0.2) is 5.82 Å². The number of nitrogens with zero attached hydrogens (tertiary/aromatic N) is 3. The molecule has 30 heavy (non-hydrogen) atoms. The average molecular weight is 452 g/mol. The number of aromatic nitrogens is 4. The highest BCUT2D eigenvalue weighted by Crippen LogP contribution is 2.35. The van der Waals surface area contributed by atoms with Crippen LogP contribution in [0.15, 0.2) is 35.2 Å². The second-order valence-corrected chi connectivity index (χ2v) is 9.29. The number of hydrogen-bond acceptors (Lipinski definition) is 5. The van der Waals surface area contributed by atoms with Gasteiger partial charge in [-0.25, -0.2) is 12.8 Å². The van der Waals surface area contributed by atoms with Gasteiger partial charge in [-0.2, -0.15) is 9.94 Å². The third kappa shape index (κ3) is 4.38. The SMILES string of the molecule is CCc1cc(Cl)ccc1S(=O)(=O)N[C@H](c1nn[nH]n1)[C@H](C)c1c(F)ccc(C)c1C. The van der Waals surface area contributed by atoms with Gasteiger partial charge in [0.05, 0.1) is 10.9 Å². The Bertz CT molecular complexity index is 1150. The van der Waals surface area contributed by atoms with E-state index in [0.29, 0.717) is 22.6 Å². The van der Waals surface area contributed by atoms with Gasteiger partial charge >= 0.3 is 0 Å². The molecule has 0 amide bonds. The van der Waals surface area contributed by atoms with Crippen LogP contribution in [0.4, 0.5) is 4.39 Å². The van der Waals surface area contributed by atoms with E-state index < -0.39 is 27.8 Å². The average Bonchev–Trinajstić information content (AvgIpc) is 3.23. The second kappa shape index (κ2) is 8.79. The number of rotatable bonds is 7. The molecule has 160 valence electrons. The van der Waals surface area contributed by atoms with Crippen LogP contribution in [-0.2, 0) is 16.4 Å². The molecule has 0 saturated carbocycles. The van der Waals surface area contributed by atoms with E-state index in [-0.39, 0.29) is 10.7 Å². The zero-order chi connectivity index (χ0) is 22.1. The summed E-state index contributed by atoms with van der Waals surface area (Å²) >= 11 is 6.02. The van der Waals surface area contributed by atoms with E-state index in [1.807, 2.05) is 13.8 Å². The summed E-state index contributed by atoms with van der Waals surface area (Å²) in [5.74, 6) is -0.896. The van der Waals surface area contributed by atoms with Crippen LogP contribution >= 0.6 is 11.6 Å². The molecule has 2 atom stereocenters. The fourth-order valence-corrected chi connectivity index (χ4v) is 5.29. The number of aryl methyl sites for hydroxylation is 2. The van der Waals surface area contributed by atoms with Crippen molar-refractivity contribution in [1.29, 1.82) is 0 Å². The fraction of sp³-hybridized carbons (Fsp3) is 0.350. The lowest BCUT2D eigenvalue weighted by atomic mass is 9.88. The van der Waals surface area contributed by atoms with Gasteiger partial charge in [0.2, 0.25) is 10.0 Å². The Morgan fingerprint density at radius 1 is 1.23 bits per heavy atom. The highest BCUT2D eigenvalue weighted by Gasteiger charge is 2.33. The van der Waals surface area contributed by atoms with Gasteiger partial charge in [-0.05, 0) is 66.8 Å². The number of hydrogen-bond donors (Lipinski definition) is 2. The molecule has 7 nitrogen and oxygen atoms in total. The Balaban J connectivity index is 2.08. The molecule has 0 aliphatic heterocycles. The Labute approximate surface area is 180 Å². The Morgan fingerprint density at radius 3 is 2.60 bits per heavy atom. The standard InChI is InChI=1S/C20H23ClFN5O2S/c1-5-14-10-15(21)7-9-17(14)30(28,29)25-19(20-23-26-27-24-20)13(4)18-12(3)11(2)6-8-16(18)22/h6-10,13,19,25H,5H2,1-4H3,(H,23,24,26,27)/t13-,19+/m1/s1. The highest BCUT2D eigenvalue weighted by molar-refractivity contribution is 7.89. The van der Waals surface area contributed by atoms with Crippen molar-refractivity contribution in [2.45, 2.75) is 51.0 Å². The molecule has 1 heterocycles. The predicted octanol–water partition coefficient (Wildman–Crippen LogP) is 3.99. The molecule has 0 aliphatic carbocycles. The lowest BCUT2D eigenvalue weighted by Gasteiger charge is -2.25. The van der Waals surface area contributed by atoms with E-state index in [4.69, 9.17) is 11.6 Å². The van der Waals surface area contributed by atoms with Gasteiger partial charge in [0, 0.05) is 10.9 Å². The molecule has 0 radical (unpaired) electrons. The monoisotopic (exact) mass is 451 g/mol.